The van der Waals surface area contributed by atoms with E-state index >= 15 is 0 Å². The molecule has 0 saturated heterocycles. The zero-order valence-electron chi connectivity index (χ0n) is 5.65. The van der Waals surface area contributed by atoms with Crippen molar-refractivity contribution in [3.63, 3.8) is 0 Å². The van der Waals surface area contributed by atoms with Crippen molar-refractivity contribution in [1.29, 1.82) is 0 Å². The second-order valence-corrected chi connectivity index (χ2v) is 2.30. The van der Waals surface area contributed by atoms with Crippen molar-refractivity contribution >= 4 is 0 Å². The lowest BCUT2D eigenvalue weighted by Gasteiger charge is -2.13. The second kappa shape index (κ2) is 2.60. The molecule has 1 N–H and O–H groups in total. The van der Waals surface area contributed by atoms with Crippen molar-refractivity contribution < 1.29 is 18.3 Å². The van der Waals surface area contributed by atoms with Gasteiger partial charge >= 0.3 is 6.18 Å². The third kappa shape index (κ3) is 1.76. The molecule has 1 nitrogen and oxygen atoms in total. The zero-order valence-corrected chi connectivity index (χ0v) is 5.65. The van der Waals surface area contributed by atoms with Gasteiger partial charge in [-0.25, -0.2) is 0 Å². The van der Waals surface area contributed by atoms with Gasteiger partial charge in [0.2, 0.25) is 0 Å². The van der Waals surface area contributed by atoms with Gasteiger partial charge in [0.25, 0.3) is 0 Å². The van der Waals surface area contributed by atoms with Crippen LogP contribution < -0.4 is 0 Å². The molecule has 0 atom stereocenters. The summed E-state index contributed by atoms with van der Waals surface area (Å²) in [4.78, 5) is 0. The average Bonchev–Trinajstić information content (AvgIpc) is 1.86. The molecule has 0 spiro atoms. The Hall–Kier alpha value is -0.930. The Labute approximate surface area is 61.8 Å². The maximum absolute atomic E-state index is 11.9. The number of rotatable bonds is 0. The van der Waals surface area contributed by atoms with Gasteiger partial charge in [0.05, 0.1) is 5.57 Å². The number of halogens is 3. The van der Waals surface area contributed by atoms with Gasteiger partial charge in [0, 0.05) is 6.42 Å². The van der Waals surface area contributed by atoms with Gasteiger partial charge in [-0.05, 0) is 6.42 Å². The Kier molecular flexibility index (Phi) is 1.93. The third-order valence-corrected chi connectivity index (χ3v) is 1.45. The predicted molar refractivity (Wildman–Crippen MR) is 34.1 cm³/mol. The first kappa shape index (κ1) is 8.17. The highest BCUT2D eigenvalue weighted by molar-refractivity contribution is 5.29. The van der Waals surface area contributed by atoms with Crippen molar-refractivity contribution in [3.8, 4) is 0 Å². The highest BCUT2D eigenvalue weighted by atomic mass is 19.4. The van der Waals surface area contributed by atoms with Crippen LogP contribution in [-0.4, -0.2) is 11.3 Å². The van der Waals surface area contributed by atoms with E-state index in [1.54, 1.807) is 0 Å². The third-order valence-electron chi connectivity index (χ3n) is 1.45. The molecule has 0 aromatic rings. The van der Waals surface area contributed by atoms with Crippen LogP contribution in [0.15, 0.2) is 23.5 Å². The molecule has 0 amide bonds. The minimum Gasteiger partial charge on any atom is -0.512 e. The molecular weight excluding hydrogens is 157 g/mol. The fraction of sp³-hybridized carbons (Fsp3) is 0.429. The van der Waals surface area contributed by atoms with Crippen LogP contribution in [0.25, 0.3) is 0 Å². The van der Waals surface area contributed by atoms with E-state index in [0.29, 0.717) is 6.42 Å². The maximum atomic E-state index is 11.9. The van der Waals surface area contributed by atoms with Gasteiger partial charge in [0.1, 0.15) is 5.76 Å². The molecule has 11 heavy (non-hydrogen) atoms. The van der Waals surface area contributed by atoms with Crippen molar-refractivity contribution in [2.75, 3.05) is 0 Å². The standard InChI is InChI=1S/C7H7F3O/c8-7(9,10)5-3-1-2-4-6(5)11/h1,3,11H,2,4H2. The van der Waals surface area contributed by atoms with E-state index in [0.717, 1.165) is 6.08 Å². The first-order valence-corrected chi connectivity index (χ1v) is 3.17. The molecule has 0 aromatic heterocycles. The largest absolute Gasteiger partial charge is 0.512 e. The quantitative estimate of drug-likeness (QED) is 0.583. The summed E-state index contributed by atoms with van der Waals surface area (Å²) < 4.78 is 35.8. The number of hydrogen-bond donors (Lipinski definition) is 1. The molecule has 0 fully saturated rings. The summed E-state index contributed by atoms with van der Waals surface area (Å²) in [6, 6.07) is 0. The van der Waals surface area contributed by atoms with E-state index in [1.807, 2.05) is 0 Å². The number of hydrogen-bond acceptors (Lipinski definition) is 1. The molecular formula is C7H7F3O. The van der Waals surface area contributed by atoms with E-state index in [9.17, 15) is 13.2 Å². The van der Waals surface area contributed by atoms with Crippen LogP contribution in [0.4, 0.5) is 13.2 Å². The van der Waals surface area contributed by atoms with Crippen LogP contribution >= 0.6 is 0 Å². The van der Waals surface area contributed by atoms with Crippen LogP contribution in [0.3, 0.4) is 0 Å². The fourth-order valence-corrected chi connectivity index (χ4v) is 0.910. The highest BCUT2D eigenvalue weighted by Crippen LogP contribution is 2.32. The van der Waals surface area contributed by atoms with Crippen molar-refractivity contribution in [2.45, 2.75) is 19.0 Å². The average molecular weight is 164 g/mol. The van der Waals surface area contributed by atoms with Crippen LogP contribution in [0, 0.1) is 0 Å². The predicted octanol–water partition coefficient (Wildman–Crippen LogP) is 2.71. The van der Waals surface area contributed by atoms with Gasteiger partial charge in [0.15, 0.2) is 0 Å². The van der Waals surface area contributed by atoms with E-state index in [2.05, 4.69) is 0 Å². The van der Waals surface area contributed by atoms with Crippen LogP contribution in [0.2, 0.25) is 0 Å². The van der Waals surface area contributed by atoms with Gasteiger partial charge in [-0.15, -0.1) is 0 Å². The van der Waals surface area contributed by atoms with Gasteiger partial charge < -0.3 is 5.11 Å². The van der Waals surface area contributed by atoms with Gasteiger partial charge in [-0.1, -0.05) is 12.2 Å². The lowest BCUT2D eigenvalue weighted by molar-refractivity contribution is -0.0913. The number of aliphatic hydroxyl groups is 1. The van der Waals surface area contributed by atoms with Crippen LogP contribution in [0.1, 0.15) is 12.8 Å². The summed E-state index contributed by atoms with van der Waals surface area (Å²) >= 11 is 0. The summed E-state index contributed by atoms with van der Waals surface area (Å²) in [6.07, 6.45) is -1.53. The molecule has 0 unspecified atom stereocenters. The van der Waals surface area contributed by atoms with Gasteiger partial charge in [-0.3, -0.25) is 0 Å². The Morgan fingerprint density at radius 3 is 2.36 bits per heavy atom. The van der Waals surface area contributed by atoms with E-state index in [-0.39, 0.29) is 6.42 Å². The summed E-state index contributed by atoms with van der Waals surface area (Å²) in [6.45, 7) is 0. The Morgan fingerprint density at radius 2 is 2.00 bits per heavy atom. The Balaban J connectivity index is 2.93. The number of alkyl halides is 3. The zero-order chi connectivity index (χ0) is 8.48. The first-order valence-electron chi connectivity index (χ1n) is 3.17. The van der Waals surface area contributed by atoms with Crippen molar-refractivity contribution in [3.05, 3.63) is 23.5 Å². The molecule has 0 aromatic carbocycles. The fourth-order valence-electron chi connectivity index (χ4n) is 0.910. The molecule has 4 heteroatoms. The lowest BCUT2D eigenvalue weighted by atomic mass is 10.1. The van der Waals surface area contributed by atoms with Gasteiger partial charge in [-0.2, -0.15) is 13.2 Å². The molecule has 0 bridgehead atoms. The van der Waals surface area contributed by atoms with E-state index in [1.165, 1.54) is 6.08 Å². The molecule has 1 aliphatic carbocycles. The SMILES string of the molecule is OC1=C(C(F)(F)F)C=CCC1. The Bertz CT molecular complexity index is 212. The van der Waals surface area contributed by atoms with E-state index < -0.39 is 17.5 Å². The Morgan fingerprint density at radius 1 is 1.36 bits per heavy atom. The topological polar surface area (TPSA) is 20.2 Å². The minimum atomic E-state index is -4.42. The van der Waals surface area contributed by atoms with Crippen molar-refractivity contribution in [2.24, 2.45) is 0 Å². The highest BCUT2D eigenvalue weighted by Gasteiger charge is 2.35. The summed E-state index contributed by atoms with van der Waals surface area (Å²) in [7, 11) is 0. The molecule has 62 valence electrons. The monoisotopic (exact) mass is 164 g/mol. The van der Waals surface area contributed by atoms with Crippen LogP contribution in [-0.2, 0) is 0 Å². The molecule has 1 rings (SSSR count). The maximum Gasteiger partial charge on any atom is 0.419 e. The second-order valence-electron chi connectivity index (χ2n) is 2.30. The summed E-state index contributed by atoms with van der Waals surface area (Å²) in [5.74, 6) is -0.556. The first-order chi connectivity index (χ1) is 5.02. The normalized spacial score (nSPS) is 19.2. The van der Waals surface area contributed by atoms with Crippen molar-refractivity contribution in [1.82, 2.24) is 0 Å². The van der Waals surface area contributed by atoms with E-state index in [4.69, 9.17) is 5.11 Å². The molecule has 0 heterocycles. The molecule has 1 aliphatic rings. The molecule has 0 radical (unpaired) electrons. The molecule has 0 aliphatic heterocycles. The van der Waals surface area contributed by atoms with Crippen LogP contribution in [0.5, 0.6) is 0 Å². The number of aliphatic hydroxyl groups excluding tert-OH is 1. The smallest absolute Gasteiger partial charge is 0.419 e. The lowest BCUT2D eigenvalue weighted by Crippen LogP contribution is -2.14. The minimum absolute atomic E-state index is 0.0886. The molecule has 0 saturated carbocycles. The summed E-state index contributed by atoms with van der Waals surface area (Å²) in [5.41, 5.74) is -0.913. The number of allylic oxidation sites excluding steroid dienone is 4. The summed E-state index contributed by atoms with van der Waals surface area (Å²) in [5, 5.41) is 8.81.